The molecule has 0 aromatic rings. The van der Waals surface area contributed by atoms with Gasteiger partial charge in [-0.2, -0.15) is 0 Å². The first-order valence-corrected chi connectivity index (χ1v) is 4.01. The number of aliphatic carboxylic acids is 1. The molecule has 2 N–H and O–H groups in total. The number of hydrogen-bond acceptors (Lipinski definition) is 2. The Bertz CT molecular complexity index is 249. The van der Waals surface area contributed by atoms with E-state index in [1.54, 1.807) is 13.8 Å². The lowest BCUT2D eigenvalue weighted by molar-refractivity contribution is -0.137. The van der Waals surface area contributed by atoms with Crippen LogP contribution < -0.4 is 5.32 Å². The zero-order valence-electron chi connectivity index (χ0n) is 7.76. The molecule has 0 aromatic heterocycles. The smallest absolute Gasteiger partial charge is 0.303 e. The molecular weight excluding hydrogens is 170 g/mol. The maximum Gasteiger partial charge on any atom is 0.303 e. The van der Waals surface area contributed by atoms with Crippen LogP contribution in [-0.2, 0) is 9.59 Å². The van der Waals surface area contributed by atoms with E-state index in [0.29, 0.717) is 6.42 Å². The van der Waals surface area contributed by atoms with Crippen LogP contribution >= 0.6 is 0 Å². The quantitative estimate of drug-likeness (QED) is 0.619. The summed E-state index contributed by atoms with van der Waals surface area (Å²) in [5, 5.41) is 10.9. The van der Waals surface area contributed by atoms with Gasteiger partial charge in [0, 0.05) is 12.5 Å². The summed E-state index contributed by atoms with van der Waals surface area (Å²) in [5.74, 6) is 3.56. The van der Waals surface area contributed by atoms with Crippen molar-refractivity contribution in [1.82, 2.24) is 5.32 Å². The second kappa shape index (κ2) is 6.06. The molecule has 0 aromatic carbocycles. The molecule has 0 aliphatic heterocycles. The summed E-state index contributed by atoms with van der Waals surface area (Å²) in [6.07, 6.45) is 0.480. The summed E-state index contributed by atoms with van der Waals surface area (Å²) < 4.78 is 0. The monoisotopic (exact) mass is 183 g/mol. The van der Waals surface area contributed by atoms with Crippen LogP contribution in [0.3, 0.4) is 0 Å². The van der Waals surface area contributed by atoms with Gasteiger partial charge in [-0.15, -0.1) is 0 Å². The molecule has 1 amide bonds. The maximum atomic E-state index is 10.9. The Hall–Kier alpha value is -1.50. The minimum absolute atomic E-state index is 0.0565. The zero-order chi connectivity index (χ0) is 10.3. The lowest BCUT2D eigenvalue weighted by Gasteiger charge is -2.09. The molecule has 0 aliphatic rings. The van der Waals surface area contributed by atoms with Crippen LogP contribution in [0.25, 0.3) is 0 Å². The number of hydrogen-bond donors (Lipinski definition) is 2. The zero-order valence-corrected chi connectivity index (χ0v) is 7.76. The van der Waals surface area contributed by atoms with E-state index in [0.717, 1.165) is 0 Å². The van der Waals surface area contributed by atoms with Crippen molar-refractivity contribution in [3.8, 4) is 11.8 Å². The van der Waals surface area contributed by atoms with Crippen molar-refractivity contribution in [1.29, 1.82) is 0 Å². The third-order valence-corrected chi connectivity index (χ3v) is 1.41. The van der Waals surface area contributed by atoms with Gasteiger partial charge in [0.05, 0.1) is 0 Å². The van der Waals surface area contributed by atoms with Gasteiger partial charge in [0.2, 0.25) is 0 Å². The molecule has 0 spiro atoms. The molecular formula is C9H13NO3. The molecule has 13 heavy (non-hydrogen) atoms. The number of nitrogens with one attached hydrogen (secondary N) is 1. The molecule has 0 heterocycles. The summed E-state index contributed by atoms with van der Waals surface area (Å²) in [6.45, 7) is 3.32. The Morgan fingerprint density at radius 1 is 1.54 bits per heavy atom. The van der Waals surface area contributed by atoms with Crippen LogP contribution in [-0.4, -0.2) is 23.0 Å². The van der Waals surface area contributed by atoms with E-state index in [1.165, 1.54) is 0 Å². The van der Waals surface area contributed by atoms with Gasteiger partial charge in [-0.25, -0.2) is 0 Å². The van der Waals surface area contributed by atoms with Crippen LogP contribution in [0.4, 0.5) is 0 Å². The van der Waals surface area contributed by atoms with Gasteiger partial charge in [0.15, 0.2) is 0 Å². The molecule has 0 bridgehead atoms. The molecule has 4 nitrogen and oxygen atoms in total. The van der Waals surface area contributed by atoms with Crippen molar-refractivity contribution >= 4 is 11.9 Å². The van der Waals surface area contributed by atoms with Crippen molar-refractivity contribution in [3.05, 3.63) is 0 Å². The predicted octanol–water partition coefficient (Wildman–Crippen LogP) is 0.379. The maximum absolute atomic E-state index is 10.9. The molecule has 0 rings (SSSR count). The van der Waals surface area contributed by atoms with Crippen molar-refractivity contribution < 1.29 is 14.7 Å². The molecule has 0 saturated heterocycles. The van der Waals surface area contributed by atoms with E-state index in [2.05, 4.69) is 17.2 Å². The highest BCUT2D eigenvalue weighted by atomic mass is 16.4. The first kappa shape index (κ1) is 11.5. The highest BCUT2D eigenvalue weighted by Gasteiger charge is 2.06. The normalized spacial score (nSPS) is 10.9. The highest BCUT2D eigenvalue weighted by Crippen LogP contribution is 1.95. The number of rotatable bonds is 4. The second-order valence-electron chi connectivity index (χ2n) is 2.68. The van der Waals surface area contributed by atoms with Gasteiger partial charge in [-0.1, -0.05) is 5.92 Å². The number of carboxylic acids is 1. The summed E-state index contributed by atoms with van der Waals surface area (Å²) in [7, 11) is 0. The summed E-state index contributed by atoms with van der Waals surface area (Å²) in [6, 6.07) is -0.149. The van der Waals surface area contributed by atoms with Gasteiger partial charge in [0.25, 0.3) is 5.91 Å². The number of amides is 1. The first-order valence-electron chi connectivity index (χ1n) is 4.01. The van der Waals surface area contributed by atoms with Crippen LogP contribution in [0.2, 0.25) is 0 Å². The topological polar surface area (TPSA) is 66.4 Å². The van der Waals surface area contributed by atoms with E-state index >= 15 is 0 Å². The molecule has 0 radical (unpaired) electrons. The Morgan fingerprint density at radius 3 is 2.62 bits per heavy atom. The van der Waals surface area contributed by atoms with Gasteiger partial charge in [0.1, 0.15) is 0 Å². The van der Waals surface area contributed by atoms with Crippen molar-refractivity contribution in [2.24, 2.45) is 0 Å². The van der Waals surface area contributed by atoms with Crippen molar-refractivity contribution in [2.45, 2.75) is 32.7 Å². The highest BCUT2D eigenvalue weighted by molar-refractivity contribution is 5.93. The van der Waals surface area contributed by atoms with E-state index in [4.69, 9.17) is 5.11 Å². The lowest BCUT2D eigenvalue weighted by Crippen LogP contribution is -2.31. The second-order valence-corrected chi connectivity index (χ2v) is 2.68. The molecule has 1 unspecified atom stereocenters. The Morgan fingerprint density at radius 2 is 2.15 bits per heavy atom. The van der Waals surface area contributed by atoms with Gasteiger partial charge in [-0.05, 0) is 26.2 Å². The molecule has 0 saturated carbocycles. The largest absolute Gasteiger partial charge is 0.481 e. The fraction of sp³-hybridized carbons (Fsp3) is 0.556. The molecule has 1 atom stereocenters. The summed E-state index contributed by atoms with van der Waals surface area (Å²) in [4.78, 5) is 21.0. The SMILES string of the molecule is CC#CC(=O)NC(C)CCC(=O)O. The van der Waals surface area contributed by atoms with E-state index in [-0.39, 0.29) is 18.4 Å². The first-order chi connectivity index (χ1) is 6.06. The third-order valence-electron chi connectivity index (χ3n) is 1.41. The van der Waals surface area contributed by atoms with Crippen LogP contribution in [0.5, 0.6) is 0 Å². The van der Waals surface area contributed by atoms with E-state index in [1.807, 2.05) is 0 Å². The number of carboxylic acid groups (broad SMARTS) is 1. The number of carbonyl (C=O) groups excluding carboxylic acids is 1. The van der Waals surface area contributed by atoms with Crippen LogP contribution in [0.1, 0.15) is 26.7 Å². The Balaban J connectivity index is 3.71. The van der Waals surface area contributed by atoms with E-state index in [9.17, 15) is 9.59 Å². The molecule has 72 valence electrons. The average Bonchev–Trinajstić information content (AvgIpc) is 2.01. The number of carbonyl (C=O) groups is 2. The lowest BCUT2D eigenvalue weighted by atomic mass is 10.2. The van der Waals surface area contributed by atoms with E-state index < -0.39 is 5.97 Å². The standard InChI is InChI=1S/C9H13NO3/c1-3-4-8(11)10-7(2)5-6-9(12)13/h7H,5-6H2,1-2H3,(H,10,11)(H,12,13). The Labute approximate surface area is 77.3 Å². The molecule has 0 aliphatic carbocycles. The molecule has 4 heteroatoms. The Kier molecular flexibility index (Phi) is 5.37. The van der Waals surface area contributed by atoms with Gasteiger partial charge in [-0.3, -0.25) is 9.59 Å². The predicted molar refractivity (Wildman–Crippen MR) is 47.9 cm³/mol. The summed E-state index contributed by atoms with van der Waals surface area (Å²) >= 11 is 0. The van der Waals surface area contributed by atoms with Crippen molar-refractivity contribution in [2.75, 3.05) is 0 Å². The average molecular weight is 183 g/mol. The van der Waals surface area contributed by atoms with Gasteiger partial charge >= 0.3 is 5.97 Å². The van der Waals surface area contributed by atoms with Gasteiger partial charge < -0.3 is 10.4 Å². The fourth-order valence-corrected chi connectivity index (χ4v) is 0.786. The third kappa shape index (κ3) is 6.88. The van der Waals surface area contributed by atoms with Crippen molar-refractivity contribution in [3.63, 3.8) is 0 Å². The van der Waals surface area contributed by atoms with Crippen LogP contribution in [0.15, 0.2) is 0 Å². The molecule has 0 fully saturated rings. The fourth-order valence-electron chi connectivity index (χ4n) is 0.786. The summed E-state index contributed by atoms with van der Waals surface area (Å²) in [5.41, 5.74) is 0. The minimum atomic E-state index is -0.859. The minimum Gasteiger partial charge on any atom is -0.481 e. The van der Waals surface area contributed by atoms with Crippen LogP contribution in [0, 0.1) is 11.8 Å².